The van der Waals surface area contributed by atoms with E-state index in [0.29, 0.717) is 25.2 Å². The second-order valence-corrected chi connectivity index (χ2v) is 3.75. The number of ether oxygens (including phenoxy) is 2. The van der Waals surface area contributed by atoms with Crippen LogP contribution in [0.1, 0.15) is 18.9 Å². The topological polar surface area (TPSA) is 55.8 Å². The van der Waals surface area contributed by atoms with E-state index in [0.717, 1.165) is 11.3 Å². The number of methoxy groups -OCH3 is 1. The molecule has 0 amide bonds. The molecule has 0 saturated heterocycles. The maximum Gasteiger partial charge on any atom is 0.331 e. The van der Waals surface area contributed by atoms with Crippen LogP contribution in [0.2, 0.25) is 0 Å². The smallest absolute Gasteiger partial charge is 0.331 e. The second-order valence-electron chi connectivity index (χ2n) is 3.75. The quantitative estimate of drug-likeness (QED) is 0.597. The van der Waals surface area contributed by atoms with Crippen molar-refractivity contribution >= 4 is 5.97 Å². The van der Waals surface area contributed by atoms with Crippen LogP contribution in [0.3, 0.4) is 0 Å². The Morgan fingerprint density at radius 1 is 1.44 bits per heavy atom. The van der Waals surface area contributed by atoms with Gasteiger partial charge in [-0.3, -0.25) is 0 Å². The standard InChI is InChI=1S/C14H18O4/c1-3-12(14(15)16)7-8-18-10-11-5-4-6-13(9-11)17-2/h4-7,9H,3,8,10H2,1-2H3,(H,15,16). The van der Waals surface area contributed by atoms with E-state index in [1.807, 2.05) is 31.2 Å². The Labute approximate surface area is 107 Å². The molecule has 0 saturated carbocycles. The zero-order chi connectivity index (χ0) is 13.4. The van der Waals surface area contributed by atoms with E-state index in [2.05, 4.69) is 0 Å². The lowest BCUT2D eigenvalue weighted by molar-refractivity contribution is -0.132. The fraction of sp³-hybridized carbons (Fsp3) is 0.357. The Bertz CT molecular complexity index is 424. The maximum absolute atomic E-state index is 10.7. The van der Waals surface area contributed by atoms with Crippen LogP contribution in [0.5, 0.6) is 5.75 Å². The number of hydrogen-bond donors (Lipinski definition) is 1. The monoisotopic (exact) mass is 250 g/mol. The SMILES string of the molecule is CCC(=CCOCc1cccc(OC)c1)C(=O)O. The largest absolute Gasteiger partial charge is 0.497 e. The van der Waals surface area contributed by atoms with Crippen LogP contribution in [-0.4, -0.2) is 24.8 Å². The number of rotatable bonds is 7. The molecule has 0 aromatic heterocycles. The lowest BCUT2D eigenvalue weighted by atomic mass is 10.2. The summed E-state index contributed by atoms with van der Waals surface area (Å²) >= 11 is 0. The van der Waals surface area contributed by atoms with Crippen LogP contribution in [-0.2, 0) is 16.1 Å². The first kappa shape index (κ1) is 14.3. The van der Waals surface area contributed by atoms with Crippen molar-refractivity contribution in [1.82, 2.24) is 0 Å². The van der Waals surface area contributed by atoms with Crippen molar-refractivity contribution in [2.75, 3.05) is 13.7 Å². The Morgan fingerprint density at radius 2 is 2.22 bits per heavy atom. The molecule has 1 N–H and O–H groups in total. The van der Waals surface area contributed by atoms with Crippen LogP contribution >= 0.6 is 0 Å². The first-order valence-corrected chi connectivity index (χ1v) is 5.80. The van der Waals surface area contributed by atoms with Gasteiger partial charge < -0.3 is 14.6 Å². The lowest BCUT2D eigenvalue weighted by Crippen LogP contribution is -2.02. The van der Waals surface area contributed by atoms with Crippen LogP contribution in [0.25, 0.3) is 0 Å². The normalized spacial score (nSPS) is 11.3. The fourth-order valence-electron chi connectivity index (χ4n) is 1.48. The molecule has 0 aliphatic rings. The fourth-order valence-corrected chi connectivity index (χ4v) is 1.48. The van der Waals surface area contributed by atoms with Gasteiger partial charge in [0.05, 0.1) is 20.3 Å². The maximum atomic E-state index is 10.7. The number of benzene rings is 1. The van der Waals surface area contributed by atoms with Crippen molar-refractivity contribution in [3.8, 4) is 5.75 Å². The molecule has 98 valence electrons. The first-order chi connectivity index (χ1) is 8.67. The first-order valence-electron chi connectivity index (χ1n) is 5.80. The average Bonchev–Trinajstić information content (AvgIpc) is 2.38. The molecule has 0 fully saturated rings. The van der Waals surface area contributed by atoms with Crippen LogP contribution in [0, 0.1) is 0 Å². The van der Waals surface area contributed by atoms with Crippen LogP contribution in [0.4, 0.5) is 0 Å². The molecule has 18 heavy (non-hydrogen) atoms. The molecule has 0 atom stereocenters. The summed E-state index contributed by atoms with van der Waals surface area (Å²) in [5.74, 6) is -0.103. The van der Waals surface area contributed by atoms with Crippen LogP contribution in [0.15, 0.2) is 35.9 Å². The van der Waals surface area contributed by atoms with Gasteiger partial charge in [0.25, 0.3) is 0 Å². The summed E-state index contributed by atoms with van der Waals surface area (Å²) in [5.41, 5.74) is 1.37. The van der Waals surface area contributed by atoms with Crippen molar-refractivity contribution in [3.05, 3.63) is 41.5 Å². The van der Waals surface area contributed by atoms with Gasteiger partial charge in [0.15, 0.2) is 0 Å². The minimum Gasteiger partial charge on any atom is -0.497 e. The van der Waals surface area contributed by atoms with Crippen molar-refractivity contribution in [1.29, 1.82) is 0 Å². The number of carboxylic acids is 1. The van der Waals surface area contributed by atoms with Gasteiger partial charge in [-0.2, -0.15) is 0 Å². The molecule has 4 nitrogen and oxygen atoms in total. The highest BCUT2D eigenvalue weighted by atomic mass is 16.5. The predicted octanol–water partition coefficient (Wildman–Crippen LogP) is 2.63. The molecule has 0 spiro atoms. The number of carboxylic acid groups (broad SMARTS) is 1. The highest BCUT2D eigenvalue weighted by Crippen LogP contribution is 2.13. The van der Waals surface area contributed by atoms with E-state index in [9.17, 15) is 4.79 Å². The second kappa shape index (κ2) is 7.50. The minimum atomic E-state index is -0.887. The number of hydrogen-bond acceptors (Lipinski definition) is 3. The van der Waals surface area contributed by atoms with Gasteiger partial charge in [0, 0.05) is 5.57 Å². The van der Waals surface area contributed by atoms with Gasteiger partial charge in [-0.1, -0.05) is 19.1 Å². The summed E-state index contributed by atoms with van der Waals surface area (Å²) in [5, 5.41) is 8.82. The molecule has 0 aliphatic heterocycles. The molecular formula is C14H18O4. The molecule has 1 aromatic carbocycles. The molecule has 4 heteroatoms. The Balaban J connectivity index is 2.44. The van der Waals surface area contributed by atoms with Crippen molar-refractivity contribution < 1.29 is 19.4 Å². The molecule has 1 aromatic rings. The van der Waals surface area contributed by atoms with Gasteiger partial charge in [0.1, 0.15) is 5.75 Å². The zero-order valence-corrected chi connectivity index (χ0v) is 10.7. The van der Waals surface area contributed by atoms with Gasteiger partial charge >= 0.3 is 5.97 Å². The molecule has 0 heterocycles. The summed E-state index contributed by atoms with van der Waals surface area (Å²) in [6, 6.07) is 7.58. The van der Waals surface area contributed by atoms with E-state index in [1.54, 1.807) is 13.2 Å². The minimum absolute atomic E-state index is 0.298. The summed E-state index contributed by atoms with van der Waals surface area (Å²) < 4.78 is 10.5. The van der Waals surface area contributed by atoms with Crippen molar-refractivity contribution in [2.24, 2.45) is 0 Å². The molecule has 0 radical (unpaired) electrons. The number of carbonyl (C=O) groups is 1. The molecule has 0 aliphatic carbocycles. The van der Waals surface area contributed by atoms with E-state index in [4.69, 9.17) is 14.6 Å². The average molecular weight is 250 g/mol. The third-order valence-electron chi connectivity index (χ3n) is 2.51. The Hall–Kier alpha value is -1.81. The molecule has 1 rings (SSSR count). The van der Waals surface area contributed by atoms with Gasteiger partial charge in [-0.25, -0.2) is 4.79 Å². The van der Waals surface area contributed by atoms with Crippen molar-refractivity contribution in [2.45, 2.75) is 20.0 Å². The highest BCUT2D eigenvalue weighted by molar-refractivity contribution is 5.86. The predicted molar refractivity (Wildman–Crippen MR) is 68.7 cm³/mol. The van der Waals surface area contributed by atoms with E-state index in [1.165, 1.54) is 0 Å². The summed E-state index contributed by atoms with van der Waals surface area (Å²) in [6.07, 6.45) is 2.10. The molecular weight excluding hydrogens is 232 g/mol. The Kier molecular flexibility index (Phi) is 5.94. The van der Waals surface area contributed by atoms with Gasteiger partial charge in [-0.15, -0.1) is 0 Å². The summed E-state index contributed by atoms with van der Waals surface area (Å²) in [4.78, 5) is 10.7. The molecule has 0 bridgehead atoms. The highest BCUT2D eigenvalue weighted by Gasteiger charge is 2.02. The zero-order valence-electron chi connectivity index (χ0n) is 10.7. The van der Waals surface area contributed by atoms with Crippen molar-refractivity contribution in [3.63, 3.8) is 0 Å². The summed E-state index contributed by atoms with van der Waals surface area (Å²) in [7, 11) is 1.61. The third-order valence-corrected chi connectivity index (χ3v) is 2.51. The number of aliphatic carboxylic acids is 1. The van der Waals surface area contributed by atoms with Gasteiger partial charge in [-0.05, 0) is 30.2 Å². The third kappa shape index (κ3) is 4.59. The Morgan fingerprint density at radius 3 is 2.83 bits per heavy atom. The van der Waals surface area contributed by atoms with Gasteiger partial charge in [0.2, 0.25) is 0 Å². The molecule has 0 unspecified atom stereocenters. The van der Waals surface area contributed by atoms with E-state index in [-0.39, 0.29) is 0 Å². The van der Waals surface area contributed by atoms with E-state index < -0.39 is 5.97 Å². The lowest BCUT2D eigenvalue weighted by Gasteiger charge is -2.05. The van der Waals surface area contributed by atoms with Crippen LogP contribution < -0.4 is 4.74 Å². The summed E-state index contributed by atoms with van der Waals surface area (Å²) in [6.45, 7) is 2.54. The van der Waals surface area contributed by atoms with E-state index >= 15 is 0 Å².